The molecule has 0 aliphatic carbocycles. The lowest BCUT2D eigenvalue weighted by Gasteiger charge is -2.07. The van der Waals surface area contributed by atoms with Crippen LogP contribution in [-0.2, 0) is 15.9 Å². The van der Waals surface area contributed by atoms with Gasteiger partial charge in [-0.1, -0.05) is 12.1 Å². The summed E-state index contributed by atoms with van der Waals surface area (Å²) in [5, 5.41) is 3.29. The highest BCUT2D eigenvalue weighted by atomic mass is 35.5. The number of alkyl halides is 1. The number of aryl methyl sites for hydroxylation is 1. The van der Waals surface area contributed by atoms with Crippen molar-refractivity contribution in [2.45, 2.75) is 6.42 Å². The first-order chi connectivity index (χ1) is 8.36. The Bertz CT molecular complexity index is 290. The minimum absolute atomic E-state index is 0.646. The highest BCUT2D eigenvalue weighted by Crippen LogP contribution is 2.09. The number of halogens is 1. The van der Waals surface area contributed by atoms with Crippen molar-refractivity contribution in [3.63, 3.8) is 0 Å². The third-order valence-electron chi connectivity index (χ3n) is 2.34. The van der Waals surface area contributed by atoms with E-state index in [0.717, 1.165) is 18.7 Å². The van der Waals surface area contributed by atoms with Crippen LogP contribution in [0.2, 0.25) is 0 Å². The normalized spacial score (nSPS) is 10.5. The van der Waals surface area contributed by atoms with E-state index in [9.17, 15) is 0 Å². The molecular formula is C13H20ClNO2. The predicted molar refractivity (Wildman–Crippen MR) is 72.1 cm³/mol. The van der Waals surface area contributed by atoms with Gasteiger partial charge < -0.3 is 14.8 Å². The summed E-state index contributed by atoms with van der Waals surface area (Å²) in [5.74, 6) is 0.667. The number of hydrogen-bond acceptors (Lipinski definition) is 3. The molecule has 0 spiro atoms. The standard InChI is InChI=1S/C13H20ClNO2/c1-16-10-11-17-9-8-15-13-4-2-12(3-5-13)6-7-14/h2-5,15H,6-11H2,1H3. The van der Waals surface area contributed by atoms with Gasteiger partial charge in [-0.05, 0) is 24.1 Å². The first-order valence-corrected chi connectivity index (χ1v) is 6.35. The van der Waals surface area contributed by atoms with E-state index in [1.54, 1.807) is 7.11 Å². The van der Waals surface area contributed by atoms with Crippen molar-refractivity contribution in [1.29, 1.82) is 0 Å². The summed E-state index contributed by atoms with van der Waals surface area (Å²) in [6.45, 7) is 2.78. The van der Waals surface area contributed by atoms with E-state index in [1.807, 2.05) is 0 Å². The van der Waals surface area contributed by atoms with Crippen molar-refractivity contribution in [2.75, 3.05) is 44.7 Å². The molecule has 1 N–H and O–H groups in total. The van der Waals surface area contributed by atoms with E-state index in [1.165, 1.54) is 5.56 Å². The van der Waals surface area contributed by atoms with Gasteiger partial charge in [0.25, 0.3) is 0 Å². The largest absolute Gasteiger partial charge is 0.383 e. The molecule has 0 unspecified atom stereocenters. The van der Waals surface area contributed by atoms with Crippen LogP contribution in [0.4, 0.5) is 5.69 Å². The fraction of sp³-hybridized carbons (Fsp3) is 0.538. The average molecular weight is 258 g/mol. The molecule has 0 atom stereocenters. The summed E-state index contributed by atoms with van der Waals surface area (Å²) in [7, 11) is 1.67. The maximum atomic E-state index is 5.68. The molecule has 0 bridgehead atoms. The second kappa shape index (κ2) is 9.28. The fourth-order valence-corrected chi connectivity index (χ4v) is 1.63. The molecule has 17 heavy (non-hydrogen) atoms. The lowest BCUT2D eigenvalue weighted by Crippen LogP contribution is -2.11. The van der Waals surface area contributed by atoms with Gasteiger partial charge in [0.05, 0.1) is 19.8 Å². The second-order valence-electron chi connectivity index (χ2n) is 3.67. The van der Waals surface area contributed by atoms with Gasteiger partial charge in [0.2, 0.25) is 0 Å². The van der Waals surface area contributed by atoms with Crippen molar-refractivity contribution in [3.05, 3.63) is 29.8 Å². The highest BCUT2D eigenvalue weighted by Gasteiger charge is 1.94. The van der Waals surface area contributed by atoms with Crippen molar-refractivity contribution in [2.24, 2.45) is 0 Å². The topological polar surface area (TPSA) is 30.5 Å². The molecule has 0 heterocycles. The Hall–Kier alpha value is -0.770. The lowest BCUT2D eigenvalue weighted by atomic mass is 10.1. The van der Waals surface area contributed by atoms with Crippen LogP contribution in [0.1, 0.15) is 5.56 Å². The Labute approximate surface area is 108 Å². The molecule has 0 amide bonds. The molecule has 0 saturated heterocycles. The van der Waals surface area contributed by atoms with Crippen LogP contribution in [-0.4, -0.2) is 39.4 Å². The minimum Gasteiger partial charge on any atom is -0.383 e. The van der Waals surface area contributed by atoms with E-state index in [2.05, 4.69) is 29.6 Å². The quantitative estimate of drug-likeness (QED) is 0.545. The zero-order valence-electron chi connectivity index (χ0n) is 10.2. The van der Waals surface area contributed by atoms with Crippen LogP contribution >= 0.6 is 11.6 Å². The summed E-state index contributed by atoms with van der Waals surface area (Å²) in [5.41, 5.74) is 2.38. The van der Waals surface area contributed by atoms with Crippen molar-refractivity contribution >= 4 is 17.3 Å². The Balaban J connectivity index is 2.14. The maximum absolute atomic E-state index is 5.68. The molecule has 1 aromatic rings. The van der Waals surface area contributed by atoms with Crippen molar-refractivity contribution < 1.29 is 9.47 Å². The number of nitrogens with one attached hydrogen (secondary N) is 1. The van der Waals surface area contributed by atoms with Gasteiger partial charge in [0.15, 0.2) is 0 Å². The SMILES string of the molecule is COCCOCCNc1ccc(CCCl)cc1. The predicted octanol–water partition coefficient (Wildman–Crippen LogP) is 2.54. The summed E-state index contributed by atoms with van der Waals surface area (Å²) >= 11 is 5.68. The van der Waals surface area contributed by atoms with E-state index >= 15 is 0 Å². The Morgan fingerprint density at radius 2 is 1.88 bits per heavy atom. The maximum Gasteiger partial charge on any atom is 0.0701 e. The third-order valence-corrected chi connectivity index (χ3v) is 2.53. The smallest absolute Gasteiger partial charge is 0.0701 e. The first kappa shape index (κ1) is 14.3. The first-order valence-electron chi connectivity index (χ1n) is 5.82. The van der Waals surface area contributed by atoms with Crippen LogP contribution in [0.3, 0.4) is 0 Å². The lowest BCUT2D eigenvalue weighted by molar-refractivity contribution is 0.0759. The summed E-state index contributed by atoms with van der Waals surface area (Å²) in [4.78, 5) is 0. The minimum atomic E-state index is 0.646. The van der Waals surface area contributed by atoms with Crippen LogP contribution in [0.25, 0.3) is 0 Å². The van der Waals surface area contributed by atoms with Crippen molar-refractivity contribution in [1.82, 2.24) is 0 Å². The van der Waals surface area contributed by atoms with E-state index < -0.39 is 0 Å². The molecule has 3 nitrogen and oxygen atoms in total. The third kappa shape index (κ3) is 6.51. The Kier molecular flexibility index (Phi) is 7.80. The number of anilines is 1. The van der Waals surface area contributed by atoms with Gasteiger partial charge in [-0.2, -0.15) is 0 Å². The number of hydrogen-bond donors (Lipinski definition) is 1. The van der Waals surface area contributed by atoms with E-state index in [4.69, 9.17) is 21.1 Å². The fourth-order valence-electron chi connectivity index (χ4n) is 1.41. The van der Waals surface area contributed by atoms with E-state index in [0.29, 0.717) is 25.7 Å². The van der Waals surface area contributed by atoms with Crippen LogP contribution < -0.4 is 5.32 Å². The summed E-state index contributed by atoms with van der Waals surface area (Å²) in [6, 6.07) is 8.32. The monoisotopic (exact) mass is 257 g/mol. The summed E-state index contributed by atoms with van der Waals surface area (Å²) in [6.07, 6.45) is 0.919. The molecule has 0 saturated carbocycles. The van der Waals surface area contributed by atoms with Gasteiger partial charge in [-0.15, -0.1) is 11.6 Å². The molecule has 96 valence electrons. The second-order valence-corrected chi connectivity index (χ2v) is 4.05. The molecule has 0 fully saturated rings. The molecule has 0 aliphatic heterocycles. The zero-order valence-corrected chi connectivity index (χ0v) is 11.0. The van der Waals surface area contributed by atoms with Gasteiger partial charge in [-0.25, -0.2) is 0 Å². The molecule has 1 rings (SSSR count). The molecule has 0 radical (unpaired) electrons. The van der Waals surface area contributed by atoms with Crippen LogP contribution in [0.5, 0.6) is 0 Å². The van der Waals surface area contributed by atoms with Gasteiger partial charge >= 0.3 is 0 Å². The van der Waals surface area contributed by atoms with Gasteiger partial charge in [0.1, 0.15) is 0 Å². The number of ether oxygens (including phenoxy) is 2. The van der Waals surface area contributed by atoms with Gasteiger partial charge in [-0.3, -0.25) is 0 Å². The Morgan fingerprint density at radius 1 is 1.12 bits per heavy atom. The number of rotatable bonds is 9. The average Bonchev–Trinajstić information content (AvgIpc) is 2.36. The molecule has 1 aromatic carbocycles. The van der Waals surface area contributed by atoms with Crippen LogP contribution in [0.15, 0.2) is 24.3 Å². The molecular weight excluding hydrogens is 238 g/mol. The van der Waals surface area contributed by atoms with Gasteiger partial charge in [0, 0.05) is 25.2 Å². The zero-order chi connectivity index (χ0) is 12.3. The molecule has 4 heteroatoms. The summed E-state index contributed by atoms with van der Waals surface area (Å²) < 4.78 is 10.2. The van der Waals surface area contributed by atoms with Crippen molar-refractivity contribution in [3.8, 4) is 0 Å². The number of methoxy groups -OCH3 is 1. The highest BCUT2D eigenvalue weighted by molar-refractivity contribution is 6.17. The van der Waals surface area contributed by atoms with E-state index in [-0.39, 0.29) is 0 Å². The number of benzene rings is 1. The molecule has 0 aliphatic rings. The Morgan fingerprint density at radius 3 is 2.53 bits per heavy atom. The molecule has 0 aromatic heterocycles. The van der Waals surface area contributed by atoms with Crippen LogP contribution in [0, 0.1) is 0 Å².